The van der Waals surface area contributed by atoms with E-state index in [0.29, 0.717) is 12.5 Å². The van der Waals surface area contributed by atoms with E-state index >= 15 is 0 Å². The number of para-hydroxylation sites is 1. The van der Waals surface area contributed by atoms with Gasteiger partial charge in [0.1, 0.15) is 5.82 Å². The van der Waals surface area contributed by atoms with Gasteiger partial charge in [-0.25, -0.2) is 9.67 Å². The molecule has 5 rings (SSSR count). The van der Waals surface area contributed by atoms with Gasteiger partial charge in [0.15, 0.2) is 0 Å². The lowest BCUT2D eigenvalue weighted by atomic mass is 10.1. The summed E-state index contributed by atoms with van der Waals surface area (Å²) >= 11 is 0. The molecule has 26 heavy (non-hydrogen) atoms. The van der Waals surface area contributed by atoms with Crippen LogP contribution >= 0.6 is 0 Å². The van der Waals surface area contributed by atoms with Crippen molar-refractivity contribution in [1.82, 2.24) is 24.6 Å². The number of aromatic nitrogens is 4. The average molecular weight is 347 g/mol. The summed E-state index contributed by atoms with van der Waals surface area (Å²) in [6.07, 6.45) is 7.11. The van der Waals surface area contributed by atoms with Crippen molar-refractivity contribution in [3.8, 4) is 5.69 Å². The third-order valence-corrected chi connectivity index (χ3v) is 5.19. The van der Waals surface area contributed by atoms with Crippen LogP contribution in [0.15, 0.2) is 47.5 Å². The van der Waals surface area contributed by atoms with Gasteiger partial charge in [-0.3, -0.25) is 9.69 Å². The highest BCUT2D eigenvalue weighted by Crippen LogP contribution is 2.37. The molecule has 3 heterocycles. The van der Waals surface area contributed by atoms with E-state index in [1.807, 2.05) is 41.2 Å². The minimum Gasteiger partial charge on any atom is -0.310 e. The minimum absolute atomic E-state index is 0.0431. The normalized spacial score (nSPS) is 17.2. The predicted octanol–water partition coefficient (Wildman–Crippen LogP) is 2.39. The van der Waals surface area contributed by atoms with E-state index in [0.717, 1.165) is 60.7 Å². The predicted molar refractivity (Wildman–Crippen MR) is 98.2 cm³/mol. The van der Waals surface area contributed by atoms with Crippen molar-refractivity contribution in [3.05, 3.63) is 75.7 Å². The molecule has 6 nitrogen and oxygen atoms in total. The molecule has 1 aromatic carbocycles. The molecule has 0 unspecified atom stereocenters. The number of rotatable bonds is 4. The molecule has 0 bridgehead atoms. The molecular weight excluding hydrogens is 326 g/mol. The number of H-pyrrole nitrogens is 1. The molecule has 1 fully saturated rings. The Kier molecular flexibility index (Phi) is 3.71. The van der Waals surface area contributed by atoms with Crippen molar-refractivity contribution in [2.45, 2.75) is 38.3 Å². The summed E-state index contributed by atoms with van der Waals surface area (Å²) < 4.78 is 1.89. The van der Waals surface area contributed by atoms with E-state index in [9.17, 15) is 4.79 Å². The van der Waals surface area contributed by atoms with Gasteiger partial charge in [-0.15, -0.1) is 0 Å². The molecule has 1 N–H and O–H groups in total. The van der Waals surface area contributed by atoms with E-state index in [1.54, 1.807) is 0 Å². The van der Waals surface area contributed by atoms with Gasteiger partial charge < -0.3 is 4.98 Å². The molecule has 0 amide bonds. The summed E-state index contributed by atoms with van der Waals surface area (Å²) in [5, 5.41) is 4.46. The SMILES string of the molecule is O=c1[nH]c(C2CC2)nc2c1CN(Cc1cnn(-c3ccccc3)c1)CC2. The Morgan fingerprint density at radius 1 is 1.19 bits per heavy atom. The number of fused-ring (bicyclic) bond motifs is 1. The fourth-order valence-corrected chi connectivity index (χ4v) is 3.61. The van der Waals surface area contributed by atoms with Crippen LogP contribution in [0.2, 0.25) is 0 Å². The number of benzene rings is 1. The molecule has 1 aliphatic heterocycles. The molecule has 0 spiro atoms. The second-order valence-corrected chi connectivity index (χ2v) is 7.24. The quantitative estimate of drug-likeness (QED) is 0.787. The van der Waals surface area contributed by atoms with Crippen LogP contribution in [0.3, 0.4) is 0 Å². The molecule has 1 aliphatic carbocycles. The van der Waals surface area contributed by atoms with Crippen molar-refractivity contribution < 1.29 is 0 Å². The van der Waals surface area contributed by atoms with E-state index in [-0.39, 0.29) is 5.56 Å². The Bertz CT molecular complexity index is 987. The first-order valence-corrected chi connectivity index (χ1v) is 9.19. The number of hydrogen-bond acceptors (Lipinski definition) is 4. The van der Waals surface area contributed by atoms with E-state index in [1.165, 1.54) is 0 Å². The Morgan fingerprint density at radius 2 is 2.04 bits per heavy atom. The molecule has 132 valence electrons. The van der Waals surface area contributed by atoms with Crippen LogP contribution in [0.1, 0.15) is 41.4 Å². The largest absolute Gasteiger partial charge is 0.310 e. The summed E-state index contributed by atoms with van der Waals surface area (Å²) in [6, 6.07) is 10.1. The van der Waals surface area contributed by atoms with Gasteiger partial charge in [0.2, 0.25) is 0 Å². The molecule has 6 heteroatoms. The number of nitrogens with zero attached hydrogens (tertiary/aromatic N) is 4. The zero-order chi connectivity index (χ0) is 17.5. The van der Waals surface area contributed by atoms with Gasteiger partial charge in [0.25, 0.3) is 5.56 Å². The van der Waals surface area contributed by atoms with Crippen LogP contribution in [-0.4, -0.2) is 31.2 Å². The molecular formula is C20H21N5O. The number of aromatic amines is 1. The Labute approximate surface area is 151 Å². The highest BCUT2D eigenvalue weighted by molar-refractivity contribution is 5.31. The topological polar surface area (TPSA) is 66.8 Å². The van der Waals surface area contributed by atoms with Gasteiger partial charge >= 0.3 is 0 Å². The first-order valence-electron chi connectivity index (χ1n) is 9.19. The van der Waals surface area contributed by atoms with Gasteiger partial charge in [-0.05, 0) is 25.0 Å². The number of nitrogens with one attached hydrogen (secondary N) is 1. The summed E-state index contributed by atoms with van der Waals surface area (Å²) in [7, 11) is 0. The van der Waals surface area contributed by atoms with E-state index in [4.69, 9.17) is 4.98 Å². The highest BCUT2D eigenvalue weighted by atomic mass is 16.1. The van der Waals surface area contributed by atoms with Crippen LogP contribution < -0.4 is 5.56 Å². The van der Waals surface area contributed by atoms with Gasteiger partial charge in [0, 0.05) is 43.7 Å². The molecule has 0 saturated heterocycles. The van der Waals surface area contributed by atoms with Gasteiger partial charge in [0.05, 0.1) is 23.1 Å². The molecule has 2 aromatic heterocycles. The molecule has 2 aliphatic rings. The first-order chi connectivity index (χ1) is 12.8. The fourth-order valence-electron chi connectivity index (χ4n) is 3.61. The lowest BCUT2D eigenvalue weighted by molar-refractivity contribution is 0.241. The maximum atomic E-state index is 12.5. The van der Waals surface area contributed by atoms with Crippen molar-refractivity contribution in [1.29, 1.82) is 0 Å². The van der Waals surface area contributed by atoms with E-state index in [2.05, 4.69) is 21.2 Å². The van der Waals surface area contributed by atoms with Gasteiger partial charge in [-0.2, -0.15) is 5.10 Å². The molecule has 3 aromatic rings. The zero-order valence-electron chi connectivity index (χ0n) is 14.6. The second kappa shape index (κ2) is 6.21. The lowest BCUT2D eigenvalue weighted by Crippen LogP contribution is -2.35. The van der Waals surface area contributed by atoms with Crippen molar-refractivity contribution in [2.24, 2.45) is 0 Å². The lowest BCUT2D eigenvalue weighted by Gasteiger charge is -2.27. The summed E-state index contributed by atoms with van der Waals surface area (Å²) in [6.45, 7) is 2.36. The molecule has 1 saturated carbocycles. The monoisotopic (exact) mass is 347 g/mol. The summed E-state index contributed by atoms with van der Waals surface area (Å²) in [5.41, 5.74) is 4.07. The van der Waals surface area contributed by atoms with Gasteiger partial charge in [-0.1, -0.05) is 18.2 Å². The maximum absolute atomic E-state index is 12.5. The Hall–Kier alpha value is -2.73. The average Bonchev–Trinajstić information content (AvgIpc) is 3.42. The molecule has 0 radical (unpaired) electrons. The second-order valence-electron chi connectivity index (χ2n) is 7.24. The minimum atomic E-state index is 0.0431. The van der Waals surface area contributed by atoms with Crippen molar-refractivity contribution in [2.75, 3.05) is 6.54 Å². The smallest absolute Gasteiger partial charge is 0.255 e. The van der Waals surface area contributed by atoms with Crippen molar-refractivity contribution in [3.63, 3.8) is 0 Å². The zero-order valence-corrected chi connectivity index (χ0v) is 14.6. The van der Waals surface area contributed by atoms with Crippen LogP contribution in [-0.2, 0) is 19.5 Å². The van der Waals surface area contributed by atoms with Crippen LogP contribution in [0.5, 0.6) is 0 Å². The standard InChI is InChI=1S/C20H21N5O/c26-20-17-13-24(9-8-18(17)22-19(23-20)15-6-7-15)11-14-10-21-25(12-14)16-4-2-1-3-5-16/h1-5,10,12,15H,6-9,11,13H2,(H,22,23,26). The van der Waals surface area contributed by atoms with Crippen LogP contribution in [0.25, 0.3) is 5.69 Å². The fraction of sp³-hybridized carbons (Fsp3) is 0.350. The number of hydrogen-bond donors (Lipinski definition) is 1. The van der Waals surface area contributed by atoms with Crippen LogP contribution in [0.4, 0.5) is 0 Å². The Balaban J connectivity index is 1.32. The molecule has 0 atom stereocenters. The first kappa shape index (κ1) is 15.5. The van der Waals surface area contributed by atoms with E-state index < -0.39 is 0 Å². The van der Waals surface area contributed by atoms with Crippen LogP contribution in [0, 0.1) is 0 Å². The third-order valence-electron chi connectivity index (χ3n) is 5.19. The summed E-state index contributed by atoms with van der Waals surface area (Å²) in [4.78, 5) is 22.5. The Morgan fingerprint density at radius 3 is 2.85 bits per heavy atom. The maximum Gasteiger partial charge on any atom is 0.255 e. The van der Waals surface area contributed by atoms with Crippen molar-refractivity contribution >= 4 is 0 Å². The highest BCUT2D eigenvalue weighted by Gasteiger charge is 2.29. The third kappa shape index (κ3) is 2.97. The summed E-state index contributed by atoms with van der Waals surface area (Å²) in [5.74, 6) is 1.38.